The summed E-state index contributed by atoms with van der Waals surface area (Å²) in [5.41, 5.74) is 3.85. The highest BCUT2D eigenvalue weighted by molar-refractivity contribution is 7.72. The Bertz CT molecular complexity index is 657. The van der Waals surface area contributed by atoms with Crippen LogP contribution in [-0.4, -0.2) is 31.8 Å². The van der Waals surface area contributed by atoms with Gasteiger partial charge in [-0.05, 0) is 87.5 Å². The molecule has 0 fully saturated rings. The third kappa shape index (κ3) is 12.1. The van der Waals surface area contributed by atoms with Crippen LogP contribution in [0.25, 0.3) is 0 Å². The minimum absolute atomic E-state index is 0.186. The maximum atomic E-state index is 13.6. The van der Waals surface area contributed by atoms with Gasteiger partial charge >= 0.3 is 15.2 Å². The van der Waals surface area contributed by atoms with Crippen LogP contribution in [0.15, 0.2) is 34.9 Å². The zero-order chi connectivity index (χ0) is 24.6. The van der Waals surface area contributed by atoms with Crippen LogP contribution in [-0.2, 0) is 27.2 Å². The molecule has 0 aliphatic carbocycles. The monoisotopic (exact) mass is 492 g/mol. The summed E-state index contributed by atoms with van der Waals surface area (Å²) in [6.45, 7) is 16.1. The Labute approximate surface area is 196 Å². The molecule has 0 saturated heterocycles. The predicted molar refractivity (Wildman–Crippen MR) is 136 cm³/mol. The van der Waals surface area contributed by atoms with E-state index in [9.17, 15) is 9.13 Å². The van der Waals surface area contributed by atoms with Crippen molar-refractivity contribution in [2.24, 2.45) is 0 Å². The number of allylic oxidation sites excluding steroid dienone is 6. The molecular formula is C24H46O6P2. The summed E-state index contributed by atoms with van der Waals surface area (Å²) in [6.07, 6.45) is 10.7. The van der Waals surface area contributed by atoms with Gasteiger partial charge in [0.2, 0.25) is 0 Å². The first-order valence-electron chi connectivity index (χ1n) is 11.8. The van der Waals surface area contributed by atoms with Crippen molar-refractivity contribution >= 4 is 15.2 Å². The first-order chi connectivity index (χ1) is 15.1. The number of hydrogen-bond donors (Lipinski definition) is 0. The Hall–Kier alpha value is -0.480. The van der Waals surface area contributed by atoms with Gasteiger partial charge in [0.15, 0.2) is 5.40 Å². The number of rotatable bonds is 18. The van der Waals surface area contributed by atoms with Crippen LogP contribution in [0.3, 0.4) is 0 Å². The third-order valence-corrected chi connectivity index (χ3v) is 10.8. The Balaban J connectivity index is 5.46. The molecule has 0 aromatic rings. The minimum atomic E-state index is -3.70. The second kappa shape index (κ2) is 17.0. The summed E-state index contributed by atoms with van der Waals surface area (Å²) in [6, 6.07) is 0. The van der Waals surface area contributed by atoms with Crippen molar-refractivity contribution in [1.82, 2.24) is 0 Å². The smallest absolute Gasteiger partial charge is 0.308 e. The second-order valence-electron chi connectivity index (χ2n) is 7.93. The fourth-order valence-electron chi connectivity index (χ4n) is 3.22. The Morgan fingerprint density at radius 3 is 1.41 bits per heavy atom. The van der Waals surface area contributed by atoms with Gasteiger partial charge in [-0.15, -0.1) is 0 Å². The lowest BCUT2D eigenvalue weighted by molar-refractivity contribution is 0.195. The summed E-state index contributed by atoms with van der Waals surface area (Å²) in [7, 11) is -7.41. The Morgan fingerprint density at radius 2 is 1.03 bits per heavy atom. The average molecular weight is 493 g/mol. The standard InChI is InChI=1S/C24H46O6P2/c1-9-27-31(25,28-10-2)24(32(26,29-11-3)30-12-4)20-19-23(8)18-14-17-22(7)16-13-15-21(5)6/h15,17,19,24H,9-14,16,18,20H2,1-8H3/b22-17+,23-19+. The van der Waals surface area contributed by atoms with E-state index in [1.165, 1.54) is 11.1 Å². The van der Waals surface area contributed by atoms with Gasteiger partial charge in [-0.1, -0.05) is 34.9 Å². The molecule has 0 radical (unpaired) electrons. The van der Waals surface area contributed by atoms with Gasteiger partial charge in [-0.3, -0.25) is 9.13 Å². The second-order valence-corrected chi connectivity index (χ2v) is 12.8. The van der Waals surface area contributed by atoms with Gasteiger partial charge in [0.1, 0.15) is 0 Å². The van der Waals surface area contributed by atoms with Gasteiger partial charge < -0.3 is 18.1 Å². The molecule has 0 unspecified atom stereocenters. The zero-order valence-electron chi connectivity index (χ0n) is 21.5. The van der Waals surface area contributed by atoms with Crippen LogP contribution in [0.4, 0.5) is 0 Å². The van der Waals surface area contributed by atoms with Crippen LogP contribution in [0, 0.1) is 0 Å². The molecule has 0 aliphatic heterocycles. The first-order valence-corrected chi connectivity index (χ1v) is 15.0. The lowest BCUT2D eigenvalue weighted by Gasteiger charge is -2.30. The van der Waals surface area contributed by atoms with E-state index in [1.807, 2.05) is 13.0 Å². The molecule has 8 heteroatoms. The van der Waals surface area contributed by atoms with E-state index >= 15 is 0 Å². The SMILES string of the molecule is CCOP(=O)(OCC)C(C/C=C(\C)CC/C=C(\C)CCC=C(C)C)P(=O)(OCC)OCC. The Morgan fingerprint density at radius 1 is 0.656 bits per heavy atom. The highest BCUT2D eigenvalue weighted by atomic mass is 31.2. The quantitative estimate of drug-likeness (QED) is 0.141. The lowest BCUT2D eigenvalue weighted by Crippen LogP contribution is -2.17. The fourth-order valence-corrected chi connectivity index (χ4v) is 8.41. The first kappa shape index (κ1) is 31.5. The molecule has 0 saturated carbocycles. The molecule has 0 aromatic carbocycles. The molecule has 0 atom stereocenters. The molecule has 0 rings (SSSR count). The molecule has 6 nitrogen and oxygen atoms in total. The van der Waals surface area contributed by atoms with Gasteiger partial charge in [-0.25, -0.2) is 0 Å². The van der Waals surface area contributed by atoms with Crippen molar-refractivity contribution in [3.05, 3.63) is 34.9 Å². The normalized spacial score (nSPS) is 13.7. The maximum absolute atomic E-state index is 13.6. The lowest BCUT2D eigenvalue weighted by atomic mass is 10.1. The van der Waals surface area contributed by atoms with Crippen LogP contribution in [0.2, 0.25) is 0 Å². The van der Waals surface area contributed by atoms with Crippen molar-refractivity contribution in [3.8, 4) is 0 Å². The van der Waals surface area contributed by atoms with Gasteiger partial charge in [0, 0.05) is 0 Å². The van der Waals surface area contributed by atoms with E-state index < -0.39 is 20.6 Å². The zero-order valence-corrected chi connectivity index (χ0v) is 23.3. The van der Waals surface area contributed by atoms with E-state index in [4.69, 9.17) is 18.1 Å². The predicted octanol–water partition coefficient (Wildman–Crippen LogP) is 8.65. The molecule has 0 N–H and O–H groups in total. The van der Waals surface area contributed by atoms with Crippen LogP contribution in [0.1, 0.15) is 87.5 Å². The van der Waals surface area contributed by atoms with E-state index in [1.54, 1.807) is 27.7 Å². The van der Waals surface area contributed by atoms with Crippen molar-refractivity contribution in [1.29, 1.82) is 0 Å². The summed E-state index contributed by atoms with van der Waals surface area (Å²) in [5, 5.41) is -0.994. The molecule has 0 spiro atoms. The average Bonchev–Trinajstić information content (AvgIpc) is 2.68. The molecule has 32 heavy (non-hydrogen) atoms. The van der Waals surface area contributed by atoms with Crippen molar-refractivity contribution in [2.75, 3.05) is 26.4 Å². The summed E-state index contributed by atoms with van der Waals surface area (Å²) < 4.78 is 49.2. The fraction of sp³-hybridized carbons (Fsp3) is 0.750. The molecule has 188 valence electrons. The molecule has 0 bridgehead atoms. The molecule has 0 heterocycles. The van der Waals surface area contributed by atoms with Crippen LogP contribution in [0.5, 0.6) is 0 Å². The van der Waals surface area contributed by atoms with E-state index in [0.29, 0.717) is 0 Å². The Kier molecular flexibility index (Phi) is 16.8. The van der Waals surface area contributed by atoms with Crippen LogP contribution >= 0.6 is 15.2 Å². The summed E-state index contributed by atoms with van der Waals surface area (Å²) >= 11 is 0. The third-order valence-electron chi connectivity index (χ3n) is 4.77. The summed E-state index contributed by atoms with van der Waals surface area (Å²) in [4.78, 5) is 0. The van der Waals surface area contributed by atoms with Gasteiger partial charge in [0.25, 0.3) is 0 Å². The van der Waals surface area contributed by atoms with Crippen molar-refractivity contribution in [3.63, 3.8) is 0 Å². The molecule has 0 aliphatic rings. The maximum Gasteiger partial charge on any atom is 0.346 e. The summed E-state index contributed by atoms with van der Waals surface area (Å²) in [5.74, 6) is 0. The van der Waals surface area contributed by atoms with Crippen LogP contribution < -0.4 is 0 Å². The van der Waals surface area contributed by atoms with Gasteiger partial charge in [0.05, 0.1) is 26.4 Å². The van der Waals surface area contributed by atoms with Crippen molar-refractivity contribution < 1.29 is 27.2 Å². The molecular weight excluding hydrogens is 446 g/mol. The van der Waals surface area contributed by atoms with E-state index in [-0.39, 0.29) is 32.8 Å². The van der Waals surface area contributed by atoms with Crippen molar-refractivity contribution in [2.45, 2.75) is 92.9 Å². The molecule has 0 amide bonds. The topological polar surface area (TPSA) is 71.1 Å². The highest BCUT2D eigenvalue weighted by Gasteiger charge is 2.50. The van der Waals surface area contributed by atoms with Gasteiger partial charge in [-0.2, -0.15) is 0 Å². The largest absolute Gasteiger partial charge is 0.346 e. The van der Waals surface area contributed by atoms with E-state index in [0.717, 1.165) is 31.3 Å². The molecule has 0 aromatic heterocycles. The number of hydrogen-bond acceptors (Lipinski definition) is 6. The highest BCUT2D eigenvalue weighted by Crippen LogP contribution is 2.71. The van der Waals surface area contributed by atoms with E-state index in [2.05, 4.69) is 32.9 Å². The minimum Gasteiger partial charge on any atom is -0.308 e.